The molecular weight excluding hydrogens is 230 g/mol. The van der Waals surface area contributed by atoms with Crippen LogP contribution in [0.15, 0.2) is 23.2 Å². The first-order valence-electron chi connectivity index (χ1n) is 5.90. The largest absolute Gasteiger partial charge is 0.493 e. The lowest BCUT2D eigenvalue weighted by molar-refractivity contribution is 0.354. The molecular formula is C13H21N3O2. The molecule has 100 valence electrons. The first-order valence-corrected chi connectivity index (χ1v) is 5.90. The van der Waals surface area contributed by atoms with Gasteiger partial charge in [-0.2, -0.15) is 0 Å². The lowest BCUT2D eigenvalue weighted by Crippen LogP contribution is -2.33. The van der Waals surface area contributed by atoms with Crippen LogP contribution in [0.2, 0.25) is 0 Å². The molecule has 0 aliphatic heterocycles. The zero-order valence-corrected chi connectivity index (χ0v) is 11.4. The number of benzene rings is 1. The Hall–Kier alpha value is -1.91. The van der Waals surface area contributed by atoms with E-state index in [1.807, 2.05) is 32.0 Å². The second kappa shape index (κ2) is 6.74. The zero-order chi connectivity index (χ0) is 13.5. The minimum atomic E-state index is 0.0557. The Labute approximate surface area is 108 Å². The van der Waals surface area contributed by atoms with Crippen LogP contribution in [0.25, 0.3) is 0 Å². The van der Waals surface area contributed by atoms with Gasteiger partial charge in [-0.15, -0.1) is 0 Å². The van der Waals surface area contributed by atoms with E-state index >= 15 is 0 Å². The maximum Gasteiger partial charge on any atom is 0.189 e. The van der Waals surface area contributed by atoms with E-state index in [1.165, 1.54) is 0 Å². The fraction of sp³-hybridized carbons (Fsp3) is 0.462. The molecule has 1 rings (SSSR count). The quantitative estimate of drug-likeness (QED) is 0.617. The monoisotopic (exact) mass is 251 g/mol. The van der Waals surface area contributed by atoms with Crippen LogP contribution in [-0.4, -0.2) is 26.7 Å². The van der Waals surface area contributed by atoms with Crippen molar-refractivity contribution < 1.29 is 9.47 Å². The predicted molar refractivity (Wildman–Crippen MR) is 73.3 cm³/mol. The second-order valence-corrected chi connectivity index (χ2v) is 3.84. The van der Waals surface area contributed by atoms with Crippen molar-refractivity contribution >= 4 is 5.96 Å². The molecule has 0 aromatic heterocycles. The minimum absolute atomic E-state index is 0.0557. The van der Waals surface area contributed by atoms with Crippen molar-refractivity contribution in [3.63, 3.8) is 0 Å². The Kier molecular flexibility index (Phi) is 5.30. The van der Waals surface area contributed by atoms with Crippen molar-refractivity contribution in [2.75, 3.05) is 20.8 Å². The number of methoxy groups -OCH3 is 2. The van der Waals surface area contributed by atoms with E-state index in [2.05, 4.69) is 10.3 Å². The van der Waals surface area contributed by atoms with E-state index in [0.717, 1.165) is 5.56 Å². The number of ether oxygens (including phenoxy) is 2. The van der Waals surface area contributed by atoms with Crippen molar-refractivity contribution in [1.82, 2.24) is 5.32 Å². The molecule has 0 fully saturated rings. The van der Waals surface area contributed by atoms with E-state index < -0.39 is 0 Å². The number of guanidine groups is 1. The van der Waals surface area contributed by atoms with Crippen molar-refractivity contribution in [3.05, 3.63) is 23.8 Å². The Morgan fingerprint density at radius 3 is 2.56 bits per heavy atom. The third-order valence-electron chi connectivity index (χ3n) is 2.60. The number of aliphatic imine (C=N–C) groups is 1. The number of rotatable bonds is 5. The molecule has 0 amide bonds. The van der Waals surface area contributed by atoms with Crippen LogP contribution in [0, 0.1) is 0 Å². The smallest absolute Gasteiger partial charge is 0.189 e. The maximum absolute atomic E-state index is 5.73. The van der Waals surface area contributed by atoms with Crippen LogP contribution >= 0.6 is 0 Å². The molecule has 0 aliphatic carbocycles. The van der Waals surface area contributed by atoms with E-state index in [0.29, 0.717) is 24.0 Å². The summed E-state index contributed by atoms with van der Waals surface area (Å²) in [6.45, 7) is 4.62. The molecule has 0 saturated carbocycles. The van der Waals surface area contributed by atoms with Crippen LogP contribution in [-0.2, 0) is 0 Å². The first-order chi connectivity index (χ1) is 8.62. The summed E-state index contributed by atoms with van der Waals surface area (Å²) < 4.78 is 10.5. The molecule has 18 heavy (non-hydrogen) atoms. The minimum Gasteiger partial charge on any atom is -0.493 e. The zero-order valence-electron chi connectivity index (χ0n) is 11.4. The summed E-state index contributed by atoms with van der Waals surface area (Å²) in [5, 5.41) is 3.12. The van der Waals surface area contributed by atoms with Gasteiger partial charge in [0.15, 0.2) is 17.5 Å². The highest BCUT2D eigenvalue weighted by atomic mass is 16.5. The number of nitrogens with two attached hydrogens (primary N) is 1. The molecule has 0 aliphatic rings. The van der Waals surface area contributed by atoms with E-state index in [4.69, 9.17) is 15.2 Å². The third-order valence-corrected chi connectivity index (χ3v) is 2.60. The van der Waals surface area contributed by atoms with Crippen molar-refractivity contribution in [2.45, 2.75) is 19.9 Å². The molecule has 1 aromatic rings. The normalized spacial score (nSPS) is 13.0. The van der Waals surface area contributed by atoms with Crippen LogP contribution < -0.4 is 20.5 Å². The predicted octanol–water partition coefficient (Wildman–Crippen LogP) is 1.69. The van der Waals surface area contributed by atoms with E-state index in [9.17, 15) is 0 Å². The Bertz CT molecular complexity index is 419. The first kappa shape index (κ1) is 14.2. The van der Waals surface area contributed by atoms with Gasteiger partial charge >= 0.3 is 0 Å². The third kappa shape index (κ3) is 3.55. The van der Waals surface area contributed by atoms with E-state index in [-0.39, 0.29) is 6.04 Å². The molecule has 1 unspecified atom stereocenters. The van der Waals surface area contributed by atoms with Crippen molar-refractivity contribution in [1.29, 1.82) is 0 Å². The molecule has 0 heterocycles. The fourth-order valence-corrected chi connectivity index (χ4v) is 1.64. The van der Waals surface area contributed by atoms with Gasteiger partial charge in [0.25, 0.3) is 0 Å². The maximum atomic E-state index is 5.73. The fourth-order valence-electron chi connectivity index (χ4n) is 1.64. The second-order valence-electron chi connectivity index (χ2n) is 3.84. The highest BCUT2D eigenvalue weighted by Crippen LogP contribution is 2.29. The van der Waals surface area contributed by atoms with Gasteiger partial charge in [-0.3, -0.25) is 4.99 Å². The molecule has 0 saturated heterocycles. The summed E-state index contributed by atoms with van der Waals surface area (Å²) in [7, 11) is 3.23. The summed E-state index contributed by atoms with van der Waals surface area (Å²) in [6, 6.07) is 5.83. The highest BCUT2D eigenvalue weighted by Gasteiger charge is 2.10. The molecule has 5 nitrogen and oxygen atoms in total. The molecule has 0 bridgehead atoms. The Balaban J connectivity index is 2.86. The lowest BCUT2D eigenvalue weighted by atomic mass is 10.1. The summed E-state index contributed by atoms with van der Waals surface area (Å²) in [5.74, 6) is 1.86. The average Bonchev–Trinajstić information content (AvgIpc) is 2.38. The van der Waals surface area contributed by atoms with Crippen LogP contribution in [0.4, 0.5) is 0 Å². The highest BCUT2D eigenvalue weighted by molar-refractivity contribution is 5.78. The van der Waals surface area contributed by atoms with Gasteiger partial charge in [0.05, 0.1) is 20.3 Å². The topological polar surface area (TPSA) is 68.9 Å². The van der Waals surface area contributed by atoms with Crippen LogP contribution in [0.1, 0.15) is 25.5 Å². The number of nitrogens with zero attached hydrogens (tertiary/aromatic N) is 1. The standard InChI is InChI=1S/C13H21N3O2/c1-5-15-13(14)16-9(2)10-6-7-11(17-3)12(8-10)18-4/h6-9H,5H2,1-4H3,(H3,14,15,16). The van der Waals surface area contributed by atoms with Gasteiger partial charge in [-0.25, -0.2) is 0 Å². The molecule has 0 spiro atoms. The average molecular weight is 251 g/mol. The van der Waals surface area contributed by atoms with Crippen LogP contribution in [0.5, 0.6) is 11.5 Å². The van der Waals surface area contributed by atoms with Crippen LogP contribution in [0.3, 0.4) is 0 Å². The molecule has 0 radical (unpaired) electrons. The van der Waals surface area contributed by atoms with Crippen molar-refractivity contribution in [2.24, 2.45) is 10.7 Å². The summed E-state index contributed by atoms with van der Waals surface area (Å²) in [5.41, 5.74) is 6.79. The van der Waals surface area contributed by atoms with Crippen molar-refractivity contribution in [3.8, 4) is 11.5 Å². The molecule has 3 N–H and O–H groups in total. The SMILES string of the molecule is CCN=C(N)NC(C)c1ccc(OC)c(OC)c1. The van der Waals surface area contributed by atoms with Gasteiger partial charge in [0.1, 0.15) is 0 Å². The number of hydrogen-bond donors (Lipinski definition) is 2. The van der Waals surface area contributed by atoms with Gasteiger partial charge in [0.2, 0.25) is 0 Å². The lowest BCUT2D eigenvalue weighted by Gasteiger charge is -2.16. The summed E-state index contributed by atoms with van der Waals surface area (Å²) in [6.07, 6.45) is 0. The van der Waals surface area contributed by atoms with Gasteiger partial charge in [-0.05, 0) is 31.5 Å². The molecule has 1 atom stereocenters. The van der Waals surface area contributed by atoms with E-state index in [1.54, 1.807) is 14.2 Å². The molecule has 1 aromatic carbocycles. The summed E-state index contributed by atoms with van der Waals surface area (Å²) >= 11 is 0. The Morgan fingerprint density at radius 2 is 2.00 bits per heavy atom. The van der Waals surface area contributed by atoms with Gasteiger partial charge in [0, 0.05) is 6.54 Å². The number of hydrogen-bond acceptors (Lipinski definition) is 3. The number of nitrogens with one attached hydrogen (secondary N) is 1. The summed E-state index contributed by atoms with van der Waals surface area (Å²) in [4.78, 5) is 4.09. The molecule has 5 heteroatoms. The van der Waals surface area contributed by atoms with Gasteiger partial charge < -0.3 is 20.5 Å². The van der Waals surface area contributed by atoms with Gasteiger partial charge in [-0.1, -0.05) is 6.07 Å². The Morgan fingerprint density at radius 1 is 1.33 bits per heavy atom.